The van der Waals surface area contributed by atoms with E-state index in [4.69, 9.17) is 9.47 Å². The van der Waals surface area contributed by atoms with Crippen molar-refractivity contribution in [2.75, 3.05) is 0 Å². The van der Waals surface area contributed by atoms with E-state index in [1.165, 1.54) is 6.92 Å². The second-order valence-electron chi connectivity index (χ2n) is 9.92. The standard InChI is InChI=1S/C21H30O4/c1-12(22)24-13-6-9-20(3)16-7-8-19(2)15(4-5-17(19)23)14(16)10-18-21(20,11-13)25-18/h13-16,18H,4-11H2,1-3H3/t13-,14-,15-,16+,18+,19+,20+,21+/m1/s1. The first kappa shape index (κ1) is 16.3. The average molecular weight is 346 g/mol. The highest BCUT2D eigenvalue weighted by Gasteiger charge is 2.76. The first-order valence-corrected chi connectivity index (χ1v) is 10.2. The van der Waals surface area contributed by atoms with E-state index in [2.05, 4.69) is 13.8 Å². The lowest BCUT2D eigenvalue weighted by Crippen LogP contribution is -2.58. The monoisotopic (exact) mass is 346 g/mol. The third-order valence-electron chi connectivity index (χ3n) is 9.08. The van der Waals surface area contributed by atoms with Crippen LogP contribution in [-0.2, 0) is 19.1 Å². The zero-order chi connectivity index (χ0) is 17.6. The van der Waals surface area contributed by atoms with E-state index in [0.717, 1.165) is 51.4 Å². The van der Waals surface area contributed by atoms with Crippen LogP contribution in [0.1, 0.15) is 72.1 Å². The first-order chi connectivity index (χ1) is 11.8. The zero-order valence-electron chi connectivity index (χ0n) is 15.7. The number of hydrogen-bond donors (Lipinski definition) is 0. The van der Waals surface area contributed by atoms with Gasteiger partial charge in [0.1, 0.15) is 17.5 Å². The molecule has 5 aliphatic rings. The lowest BCUT2D eigenvalue weighted by molar-refractivity contribution is -0.157. The Balaban J connectivity index is 1.44. The summed E-state index contributed by atoms with van der Waals surface area (Å²) in [4.78, 5) is 23.9. The Morgan fingerprint density at radius 1 is 1.16 bits per heavy atom. The van der Waals surface area contributed by atoms with Gasteiger partial charge in [-0.25, -0.2) is 0 Å². The van der Waals surface area contributed by atoms with Crippen molar-refractivity contribution in [1.29, 1.82) is 0 Å². The van der Waals surface area contributed by atoms with Gasteiger partial charge >= 0.3 is 5.97 Å². The molecule has 5 fully saturated rings. The van der Waals surface area contributed by atoms with Crippen LogP contribution >= 0.6 is 0 Å². The molecule has 0 N–H and O–H groups in total. The van der Waals surface area contributed by atoms with Crippen molar-refractivity contribution < 1.29 is 19.1 Å². The number of Topliss-reactive ketones (excluding diaryl/α,β-unsaturated/α-hetero) is 1. The fraction of sp³-hybridized carbons (Fsp3) is 0.905. The van der Waals surface area contributed by atoms with E-state index >= 15 is 0 Å². The van der Waals surface area contributed by atoms with Crippen molar-refractivity contribution >= 4 is 11.8 Å². The van der Waals surface area contributed by atoms with Gasteiger partial charge in [0.25, 0.3) is 0 Å². The van der Waals surface area contributed by atoms with E-state index < -0.39 is 0 Å². The van der Waals surface area contributed by atoms with Gasteiger partial charge in [0.15, 0.2) is 0 Å². The minimum atomic E-state index is -0.172. The van der Waals surface area contributed by atoms with E-state index in [9.17, 15) is 9.59 Å². The van der Waals surface area contributed by atoms with Crippen molar-refractivity contribution in [2.24, 2.45) is 28.6 Å². The van der Waals surface area contributed by atoms with Crippen LogP contribution in [-0.4, -0.2) is 29.6 Å². The second-order valence-corrected chi connectivity index (χ2v) is 9.92. The van der Waals surface area contributed by atoms with Gasteiger partial charge in [-0.3, -0.25) is 9.59 Å². The van der Waals surface area contributed by atoms with Crippen LogP contribution in [0.25, 0.3) is 0 Å². The fourth-order valence-corrected chi connectivity index (χ4v) is 7.75. The van der Waals surface area contributed by atoms with Crippen LogP contribution < -0.4 is 0 Å². The minimum absolute atomic E-state index is 0.0223. The maximum absolute atomic E-state index is 12.5. The van der Waals surface area contributed by atoms with Crippen LogP contribution in [0.3, 0.4) is 0 Å². The second kappa shape index (κ2) is 4.88. The van der Waals surface area contributed by atoms with Crippen molar-refractivity contribution in [2.45, 2.75) is 89.9 Å². The number of rotatable bonds is 1. The molecule has 0 aromatic rings. The molecule has 8 atom stereocenters. The van der Waals surface area contributed by atoms with Crippen LogP contribution in [0, 0.1) is 28.6 Å². The molecule has 25 heavy (non-hydrogen) atoms. The number of hydrogen-bond acceptors (Lipinski definition) is 4. The van der Waals surface area contributed by atoms with Gasteiger partial charge in [0.05, 0.1) is 6.10 Å². The van der Waals surface area contributed by atoms with E-state index in [1.807, 2.05) is 0 Å². The van der Waals surface area contributed by atoms with Gasteiger partial charge in [0, 0.05) is 30.6 Å². The topological polar surface area (TPSA) is 55.9 Å². The highest BCUT2D eigenvalue weighted by Crippen LogP contribution is 2.73. The van der Waals surface area contributed by atoms with E-state index in [-0.39, 0.29) is 28.5 Å². The number of fused-ring (bicyclic) bond motifs is 4. The smallest absolute Gasteiger partial charge is 0.302 e. The molecule has 4 heteroatoms. The lowest BCUT2D eigenvalue weighted by atomic mass is 9.45. The van der Waals surface area contributed by atoms with Crippen LogP contribution in [0.2, 0.25) is 0 Å². The molecule has 4 nitrogen and oxygen atoms in total. The van der Waals surface area contributed by atoms with Crippen molar-refractivity contribution in [3.05, 3.63) is 0 Å². The minimum Gasteiger partial charge on any atom is -0.462 e. The first-order valence-electron chi connectivity index (χ1n) is 10.2. The lowest BCUT2D eigenvalue weighted by Gasteiger charge is -2.58. The molecule has 1 spiro atoms. The number of carbonyl (C=O) groups is 2. The Morgan fingerprint density at radius 2 is 1.96 bits per heavy atom. The van der Waals surface area contributed by atoms with Gasteiger partial charge in [0.2, 0.25) is 0 Å². The molecule has 1 saturated heterocycles. The normalized spacial score (nSPS) is 56.3. The maximum atomic E-state index is 12.5. The van der Waals surface area contributed by atoms with Crippen molar-refractivity contribution in [3.63, 3.8) is 0 Å². The molecule has 4 aliphatic carbocycles. The summed E-state index contributed by atoms with van der Waals surface area (Å²) in [6.45, 7) is 6.18. The largest absolute Gasteiger partial charge is 0.462 e. The quantitative estimate of drug-likeness (QED) is 0.537. The molecule has 1 aliphatic heterocycles. The predicted octanol–water partition coefficient (Wildman–Crippen LogP) is 3.66. The van der Waals surface area contributed by atoms with E-state index in [0.29, 0.717) is 29.6 Å². The summed E-state index contributed by atoms with van der Waals surface area (Å²) in [6, 6.07) is 0. The summed E-state index contributed by atoms with van der Waals surface area (Å²) in [5, 5.41) is 0. The van der Waals surface area contributed by atoms with Gasteiger partial charge in [-0.2, -0.15) is 0 Å². The number of ether oxygens (including phenoxy) is 2. The number of esters is 1. The molecule has 5 rings (SSSR count). The highest BCUT2D eigenvalue weighted by atomic mass is 16.6. The van der Waals surface area contributed by atoms with Crippen molar-refractivity contribution in [1.82, 2.24) is 0 Å². The molecule has 0 aromatic heterocycles. The highest BCUT2D eigenvalue weighted by molar-refractivity contribution is 5.87. The molecule has 0 amide bonds. The summed E-state index contributed by atoms with van der Waals surface area (Å²) >= 11 is 0. The van der Waals surface area contributed by atoms with Gasteiger partial charge < -0.3 is 9.47 Å². The van der Waals surface area contributed by atoms with Gasteiger partial charge in [-0.15, -0.1) is 0 Å². The summed E-state index contributed by atoms with van der Waals surface area (Å²) in [6.07, 6.45) is 8.45. The Kier molecular flexibility index (Phi) is 3.18. The molecular formula is C21H30O4. The van der Waals surface area contributed by atoms with Crippen LogP contribution in [0.5, 0.6) is 0 Å². The molecule has 138 valence electrons. The van der Waals surface area contributed by atoms with Crippen LogP contribution in [0.4, 0.5) is 0 Å². The Morgan fingerprint density at radius 3 is 2.72 bits per heavy atom. The Bertz CT molecular complexity index is 644. The van der Waals surface area contributed by atoms with Gasteiger partial charge in [-0.05, 0) is 56.3 Å². The maximum Gasteiger partial charge on any atom is 0.302 e. The number of ketones is 1. The fourth-order valence-electron chi connectivity index (χ4n) is 7.75. The van der Waals surface area contributed by atoms with E-state index in [1.54, 1.807) is 0 Å². The SMILES string of the molecule is CC(=O)O[C@@H]1CC[C@@]2(C)[C@H]3CC[C@]4(C)C(=O)CC[C@@H]4[C@H]3C[C@@H]3O[C@@]32C1. The summed E-state index contributed by atoms with van der Waals surface area (Å²) in [5.74, 6) is 2.19. The Labute approximate surface area is 150 Å². The summed E-state index contributed by atoms with van der Waals surface area (Å²) < 4.78 is 12.0. The zero-order valence-corrected chi connectivity index (χ0v) is 15.7. The van der Waals surface area contributed by atoms with Gasteiger partial charge in [-0.1, -0.05) is 13.8 Å². The van der Waals surface area contributed by atoms with Crippen molar-refractivity contribution in [3.8, 4) is 0 Å². The third-order valence-corrected chi connectivity index (χ3v) is 9.08. The molecule has 0 aromatic carbocycles. The third kappa shape index (κ3) is 1.92. The summed E-state index contributed by atoms with van der Waals surface area (Å²) in [7, 11) is 0. The predicted molar refractivity (Wildman–Crippen MR) is 91.8 cm³/mol. The number of epoxide rings is 1. The molecule has 1 heterocycles. The molecule has 0 radical (unpaired) electrons. The molecule has 0 unspecified atom stereocenters. The Hall–Kier alpha value is -0.900. The van der Waals surface area contributed by atoms with Crippen LogP contribution in [0.15, 0.2) is 0 Å². The molecular weight excluding hydrogens is 316 g/mol. The molecule has 4 saturated carbocycles. The summed E-state index contributed by atoms with van der Waals surface area (Å²) in [5.41, 5.74) is 0.0500. The number of carbonyl (C=O) groups excluding carboxylic acids is 2. The molecule has 0 bridgehead atoms. The average Bonchev–Trinajstić information content (AvgIpc) is 3.15.